The molecule has 4 fully saturated rings. The first-order valence-corrected chi connectivity index (χ1v) is 19.7. The molecule has 0 aromatic rings. The van der Waals surface area contributed by atoms with Gasteiger partial charge in [-0.15, -0.1) is 0 Å². The summed E-state index contributed by atoms with van der Waals surface area (Å²) in [4.78, 5) is 37.2. The van der Waals surface area contributed by atoms with Crippen molar-refractivity contribution in [1.29, 1.82) is 0 Å². The molecule has 0 aliphatic carbocycles. The molecule has 0 saturated carbocycles. The fourth-order valence-corrected chi connectivity index (χ4v) is 7.87. The van der Waals surface area contributed by atoms with Gasteiger partial charge in [0.15, 0.2) is 18.9 Å². The highest BCUT2D eigenvalue weighted by Crippen LogP contribution is 2.39. The van der Waals surface area contributed by atoms with Gasteiger partial charge in [0, 0.05) is 20.3 Å². The highest BCUT2D eigenvalue weighted by Gasteiger charge is 2.61. The Morgan fingerprint density at radius 1 is 0.780 bits per heavy atom. The topological polar surface area (TPSA) is 437 Å². The fourth-order valence-electron chi connectivity index (χ4n) is 7.19. The van der Waals surface area contributed by atoms with E-state index < -0.39 is 182 Å². The molecule has 0 spiro atoms. The summed E-state index contributed by atoms with van der Waals surface area (Å²) in [6.07, 6.45) is -37.8. The molecule has 342 valence electrons. The van der Waals surface area contributed by atoms with Gasteiger partial charge in [0.2, 0.25) is 11.8 Å². The molecule has 0 bridgehead atoms. The smallest absolute Gasteiger partial charge is 0.364 e. The molecule has 0 aromatic carbocycles. The van der Waals surface area contributed by atoms with E-state index >= 15 is 0 Å². The lowest BCUT2D eigenvalue weighted by atomic mass is 9.88. The predicted octanol–water partition coefficient (Wildman–Crippen LogP) is -9.33. The number of hydrogen-bond acceptors (Lipinski definition) is 23. The summed E-state index contributed by atoms with van der Waals surface area (Å²) in [5.41, 5.74) is 0. The summed E-state index contributed by atoms with van der Waals surface area (Å²) in [5, 5.41) is 132. The number of amides is 2. The molecule has 0 unspecified atom stereocenters. The van der Waals surface area contributed by atoms with E-state index in [1.807, 2.05) is 0 Å². The standard InChI is InChI=1S/C31H52N2O25S/c1-8-17(40)20(43)21(44)28(52-8)55-23-14(7-59(49,50)51)53-27(46)16(33-10(3)37)25(23)56-29-22(45)26(19(42)13(6-35)54-29)58-31(30(47)48)4-11(38)15(32-9(2)36)24(57-31)18(41)12(39)5-34/h8,11-29,34-35,38-46H,4-7H2,1-3H3,(H,32,36)(H,33,37)(H,47,48)(H,49,50,51)/t8-,11-,12+,13+,14+,15+,16+,17+,18+,19-,20+,21-,22+,23+,24+,25+,26-,27+,28+,29+,31-/m0/s1. The molecular formula is C31H52N2O25S. The van der Waals surface area contributed by atoms with Crippen molar-refractivity contribution in [3.63, 3.8) is 0 Å². The van der Waals surface area contributed by atoms with Gasteiger partial charge in [0.1, 0.15) is 91.1 Å². The highest BCUT2D eigenvalue weighted by molar-refractivity contribution is 7.85. The summed E-state index contributed by atoms with van der Waals surface area (Å²) in [6.45, 7) is 0.941. The maximum atomic E-state index is 12.9. The molecule has 4 heterocycles. The van der Waals surface area contributed by atoms with Crippen molar-refractivity contribution in [2.45, 2.75) is 155 Å². The van der Waals surface area contributed by atoms with E-state index in [4.69, 9.17) is 33.2 Å². The van der Waals surface area contributed by atoms with E-state index in [1.54, 1.807) is 0 Å². The zero-order valence-corrected chi connectivity index (χ0v) is 32.3. The van der Waals surface area contributed by atoms with Crippen LogP contribution >= 0.6 is 0 Å². The van der Waals surface area contributed by atoms with Crippen LogP contribution in [0.4, 0.5) is 0 Å². The molecule has 21 atom stereocenters. The molecule has 27 nitrogen and oxygen atoms in total. The molecule has 2 amide bonds. The summed E-state index contributed by atoms with van der Waals surface area (Å²) in [7, 11) is -5.04. The third-order valence-corrected chi connectivity index (χ3v) is 10.9. The lowest BCUT2D eigenvalue weighted by molar-refractivity contribution is -0.387. The first-order valence-electron chi connectivity index (χ1n) is 18.1. The largest absolute Gasteiger partial charge is 0.477 e. The fraction of sp³-hybridized carbons (Fsp3) is 0.903. The lowest BCUT2D eigenvalue weighted by Crippen LogP contribution is -2.71. The third-order valence-electron chi connectivity index (χ3n) is 10.1. The Balaban J connectivity index is 1.77. The van der Waals surface area contributed by atoms with Crippen LogP contribution in [0.2, 0.25) is 0 Å². The van der Waals surface area contributed by atoms with Gasteiger partial charge in [-0.25, -0.2) is 4.79 Å². The minimum absolute atomic E-state index is 0.817. The summed E-state index contributed by atoms with van der Waals surface area (Å²) in [6, 6.07) is -3.51. The maximum Gasteiger partial charge on any atom is 0.364 e. The summed E-state index contributed by atoms with van der Waals surface area (Å²) >= 11 is 0. The Bertz CT molecular complexity index is 1560. The van der Waals surface area contributed by atoms with E-state index in [0.717, 1.165) is 13.8 Å². The molecule has 0 radical (unpaired) electrons. The van der Waals surface area contributed by atoms with Crippen molar-refractivity contribution in [1.82, 2.24) is 10.6 Å². The van der Waals surface area contributed by atoms with Crippen LogP contribution in [0.1, 0.15) is 27.2 Å². The molecule has 4 rings (SSSR count). The van der Waals surface area contributed by atoms with E-state index in [0.29, 0.717) is 0 Å². The molecule has 0 aromatic heterocycles. The second-order valence-electron chi connectivity index (χ2n) is 14.6. The number of aliphatic hydroxyl groups is 11. The first-order chi connectivity index (χ1) is 27.4. The second kappa shape index (κ2) is 19.8. The SMILES string of the molecule is CC(=O)N[C@@H]1[C@@H](O[C@H]2O[C@H](CO)[C@H](O)[C@H](O[C@]3(C(=O)O)C[C@H](O)[C@@H](NC(C)=O)[C@H]([C@H](O)[C@H](O)CO)O3)[C@H]2O)[C@H](O[C@H]2O[C@@H](C)[C@@H](O)[C@@H](O)[C@@H]2O)[C@@H](CS(=O)(=O)O)O[C@H]1O. The highest BCUT2D eigenvalue weighted by atomic mass is 32.2. The number of carboxylic acids is 1. The van der Waals surface area contributed by atoms with Gasteiger partial charge in [-0.3, -0.25) is 14.1 Å². The van der Waals surface area contributed by atoms with Crippen LogP contribution in [-0.2, 0) is 57.7 Å². The zero-order chi connectivity index (χ0) is 44.5. The summed E-state index contributed by atoms with van der Waals surface area (Å²) < 4.78 is 73.3. The number of hydrogen-bond donors (Lipinski definition) is 15. The minimum atomic E-state index is -5.04. The quantitative estimate of drug-likeness (QED) is 0.0679. The average Bonchev–Trinajstić information content (AvgIpc) is 3.14. The number of rotatable bonds is 15. The van der Waals surface area contributed by atoms with Crippen LogP contribution in [-0.4, -0.2) is 239 Å². The molecule has 28 heteroatoms. The first kappa shape index (κ1) is 49.3. The number of carbonyl (C=O) groups excluding carboxylic acids is 2. The van der Waals surface area contributed by atoms with Crippen LogP contribution in [0, 0.1) is 0 Å². The van der Waals surface area contributed by atoms with E-state index in [9.17, 15) is 88.6 Å². The van der Waals surface area contributed by atoms with Crippen molar-refractivity contribution in [2.24, 2.45) is 0 Å². The number of aliphatic carboxylic acids is 1. The van der Waals surface area contributed by atoms with Crippen LogP contribution in [0.3, 0.4) is 0 Å². The number of ether oxygens (including phenoxy) is 7. The monoisotopic (exact) mass is 884 g/mol. The van der Waals surface area contributed by atoms with Gasteiger partial charge >= 0.3 is 5.97 Å². The van der Waals surface area contributed by atoms with E-state index in [2.05, 4.69) is 10.6 Å². The van der Waals surface area contributed by atoms with Crippen LogP contribution < -0.4 is 10.6 Å². The van der Waals surface area contributed by atoms with Crippen molar-refractivity contribution in [2.75, 3.05) is 19.0 Å². The number of nitrogens with one attached hydrogen (secondary N) is 2. The van der Waals surface area contributed by atoms with Crippen LogP contribution in [0.15, 0.2) is 0 Å². The third kappa shape index (κ3) is 11.2. The maximum absolute atomic E-state index is 12.9. The zero-order valence-electron chi connectivity index (χ0n) is 31.5. The molecular weight excluding hydrogens is 832 g/mol. The second-order valence-corrected chi connectivity index (χ2v) is 16.1. The van der Waals surface area contributed by atoms with Crippen molar-refractivity contribution < 1.29 is 122 Å². The van der Waals surface area contributed by atoms with Crippen molar-refractivity contribution >= 4 is 27.9 Å². The average molecular weight is 885 g/mol. The van der Waals surface area contributed by atoms with Gasteiger partial charge in [0.25, 0.3) is 15.9 Å². The van der Waals surface area contributed by atoms with E-state index in [1.165, 1.54) is 6.92 Å². The van der Waals surface area contributed by atoms with E-state index in [-0.39, 0.29) is 0 Å². The molecule has 4 aliphatic heterocycles. The summed E-state index contributed by atoms with van der Waals surface area (Å²) in [5.74, 6) is -8.37. The molecule has 59 heavy (non-hydrogen) atoms. The van der Waals surface area contributed by atoms with Gasteiger partial charge in [-0.05, 0) is 6.92 Å². The Hall–Kier alpha value is -2.40. The number of carboxylic acid groups (broad SMARTS) is 1. The van der Waals surface area contributed by atoms with Gasteiger partial charge in [0.05, 0.1) is 31.5 Å². The molecule has 4 aliphatic rings. The van der Waals surface area contributed by atoms with Crippen molar-refractivity contribution in [3.8, 4) is 0 Å². The minimum Gasteiger partial charge on any atom is -0.477 e. The van der Waals surface area contributed by atoms with Crippen LogP contribution in [0.5, 0.6) is 0 Å². The van der Waals surface area contributed by atoms with Crippen LogP contribution in [0.25, 0.3) is 0 Å². The lowest BCUT2D eigenvalue weighted by Gasteiger charge is -2.51. The Labute approximate surface area is 334 Å². The predicted molar refractivity (Wildman–Crippen MR) is 182 cm³/mol. The number of carbonyl (C=O) groups is 3. The normalized spacial score (nSPS) is 44.3. The number of aliphatic hydroxyl groups excluding tert-OH is 11. The molecule has 4 saturated heterocycles. The Kier molecular flexibility index (Phi) is 16.5. The van der Waals surface area contributed by atoms with Gasteiger partial charge in [-0.2, -0.15) is 8.42 Å². The molecule has 15 N–H and O–H groups in total. The Morgan fingerprint density at radius 2 is 1.36 bits per heavy atom. The van der Waals surface area contributed by atoms with Crippen molar-refractivity contribution in [3.05, 3.63) is 0 Å². The van der Waals surface area contributed by atoms with Gasteiger partial charge < -0.3 is 105 Å². The Morgan fingerprint density at radius 3 is 1.90 bits per heavy atom. The van der Waals surface area contributed by atoms with Gasteiger partial charge in [-0.1, -0.05) is 0 Å².